The van der Waals surface area contributed by atoms with Gasteiger partial charge in [0.05, 0.1) is 18.4 Å². The van der Waals surface area contributed by atoms with Gasteiger partial charge in [0, 0.05) is 11.9 Å². The Labute approximate surface area is 88.2 Å². The van der Waals surface area contributed by atoms with Crippen LogP contribution in [0.15, 0.2) is 46.6 Å². The number of imidazole rings is 1. The Morgan fingerprint density at radius 1 is 1.29 bits per heavy atom. The Morgan fingerprint density at radius 2 is 2.00 bits per heavy atom. The molecular weight excluding hydrogens is 192 g/mol. The molecule has 2 rings (SSSR count). The molecule has 14 heavy (non-hydrogen) atoms. The summed E-state index contributed by atoms with van der Waals surface area (Å²) >= 11 is 1.72. The fourth-order valence-electron chi connectivity index (χ4n) is 1.27. The van der Waals surface area contributed by atoms with E-state index in [9.17, 15) is 0 Å². The van der Waals surface area contributed by atoms with Crippen molar-refractivity contribution < 1.29 is 4.57 Å². The lowest BCUT2D eigenvalue weighted by Gasteiger charge is -2.00. The van der Waals surface area contributed by atoms with E-state index in [2.05, 4.69) is 22.9 Å². The summed E-state index contributed by atoms with van der Waals surface area (Å²) in [6.45, 7) is 0. The van der Waals surface area contributed by atoms with Gasteiger partial charge in [0.2, 0.25) is 0 Å². The van der Waals surface area contributed by atoms with Gasteiger partial charge in [-0.3, -0.25) is 0 Å². The van der Waals surface area contributed by atoms with Gasteiger partial charge in [-0.25, -0.2) is 0 Å². The molecule has 0 aliphatic heterocycles. The zero-order valence-corrected chi connectivity index (χ0v) is 9.08. The Morgan fingerprint density at radius 3 is 2.57 bits per heavy atom. The van der Waals surface area contributed by atoms with E-state index >= 15 is 0 Å². The molecule has 0 atom stereocenters. The van der Waals surface area contributed by atoms with Crippen molar-refractivity contribution in [1.82, 2.24) is 4.57 Å². The zero-order chi connectivity index (χ0) is 9.97. The van der Waals surface area contributed by atoms with Crippen molar-refractivity contribution in [2.24, 2.45) is 14.1 Å². The van der Waals surface area contributed by atoms with E-state index in [0.29, 0.717) is 0 Å². The van der Waals surface area contributed by atoms with Crippen molar-refractivity contribution in [3.63, 3.8) is 0 Å². The van der Waals surface area contributed by atoms with Gasteiger partial charge in [-0.15, -0.1) is 0 Å². The van der Waals surface area contributed by atoms with Gasteiger partial charge >= 0.3 is 0 Å². The monoisotopic (exact) mass is 204 g/mol. The molecule has 0 spiro atoms. The molecule has 2 aromatic rings. The summed E-state index contributed by atoms with van der Waals surface area (Å²) in [5, 5.41) is 1.12. The minimum atomic E-state index is 1.12. The van der Waals surface area contributed by atoms with Crippen LogP contribution in [0.1, 0.15) is 0 Å². The maximum Gasteiger partial charge on any atom is 0.0974 e. The van der Waals surface area contributed by atoms with Crippen LogP contribution < -0.4 is 4.57 Å². The fourth-order valence-corrected chi connectivity index (χ4v) is 2.16. The summed E-state index contributed by atoms with van der Waals surface area (Å²) < 4.78 is 4.00. The molecule has 0 bridgehead atoms. The molecule has 0 saturated carbocycles. The largest absolute Gasteiger partial charge is 0.401 e. The second-order valence-corrected chi connectivity index (χ2v) is 4.23. The first-order chi connectivity index (χ1) is 6.75. The van der Waals surface area contributed by atoms with Gasteiger partial charge in [-0.2, -0.15) is 0 Å². The molecule has 3 heteroatoms. The average molecular weight is 204 g/mol. The fraction of sp³-hybridized carbons (Fsp3) is 0.182. The van der Waals surface area contributed by atoms with Crippen LogP contribution in [0.3, 0.4) is 0 Å². The summed E-state index contributed by atoms with van der Waals surface area (Å²) in [7, 11) is 4.01. The molecule has 1 aromatic carbocycles. The summed E-state index contributed by atoms with van der Waals surface area (Å²) in [5.41, 5.74) is 0. The molecule has 72 valence electrons. The Kier molecular flexibility index (Phi) is 2.59. The molecule has 0 unspecified atom stereocenters. The number of benzene rings is 1. The van der Waals surface area contributed by atoms with E-state index in [-0.39, 0.29) is 0 Å². The molecule has 1 heterocycles. The number of hydrogen-bond acceptors (Lipinski definition) is 1. The Balaban J connectivity index is 2.23. The SMILES string of the molecule is Cn1c[n+](C)[c-]c1Sc1ccccc1. The summed E-state index contributed by atoms with van der Waals surface area (Å²) in [6, 6.07) is 10.3. The average Bonchev–Trinajstić information content (AvgIpc) is 2.47. The van der Waals surface area contributed by atoms with E-state index in [0.717, 1.165) is 5.03 Å². The summed E-state index contributed by atoms with van der Waals surface area (Å²) in [4.78, 5) is 1.24. The highest BCUT2D eigenvalue weighted by Crippen LogP contribution is 2.25. The normalized spacial score (nSPS) is 10.4. The minimum absolute atomic E-state index is 1.12. The third-order valence-corrected chi connectivity index (χ3v) is 2.98. The molecule has 0 fully saturated rings. The second-order valence-electron chi connectivity index (χ2n) is 3.17. The number of rotatable bonds is 2. The second kappa shape index (κ2) is 3.88. The van der Waals surface area contributed by atoms with E-state index in [1.165, 1.54) is 4.90 Å². The third kappa shape index (κ3) is 1.99. The summed E-state index contributed by atoms with van der Waals surface area (Å²) in [5.74, 6) is 0. The zero-order valence-electron chi connectivity index (χ0n) is 8.27. The highest BCUT2D eigenvalue weighted by molar-refractivity contribution is 7.99. The molecular formula is C11H12N2S. The van der Waals surface area contributed by atoms with Crippen molar-refractivity contribution in [3.05, 3.63) is 42.9 Å². The van der Waals surface area contributed by atoms with Gasteiger partial charge in [0.1, 0.15) is 0 Å². The predicted molar refractivity (Wildman–Crippen MR) is 56.0 cm³/mol. The van der Waals surface area contributed by atoms with Crippen LogP contribution in [0.25, 0.3) is 0 Å². The van der Waals surface area contributed by atoms with E-state index < -0.39 is 0 Å². The van der Waals surface area contributed by atoms with Crippen molar-refractivity contribution in [3.8, 4) is 0 Å². The maximum atomic E-state index is 3.24. The topological polar surface area (TPSA) is 8.81 Å². The van der Waals surface area contributed by atoms with E-state index in [1.54, 1.807) is 11.8 Å². The molecule has 0 radical (unpaired) electrons. The lowest BCUT2D eigenvalue weighted by molar-refractivity contribution is -0.675. The quantitative estimate of drug-likeness (QED) is 0.535. The molecule has 0 aliphatic rings. The Bertz CT molecular complexity index is 420. The van der Waals surface area contributed by atoms with Gasteiger partial charge < -0.3 is 9.13 Å². The molecule has 0 amide bonds. The van der Waals surface area contributed by atoms with Gasteiger partial charge in [0.25, 0.3) is 0 Å². The number of aryl methyl sites for hydroxylation is 2. The van der Waals surface area contributed by atoms with Crippen LogP contribution in [0.4, 0.5) is 0 Å². The van der Waals surface area contributed by atoms with Crippen LogP contribution in [0, 0.1) is 6.20 Å². The van der Waals surface area contributed by atoms with Gasteiger partial charge in [-0.05, 0) is 18.3 Å². The summed E-state index contributed by atoms with van der Waals surface area (Å²) in [6.07, 6.45) is 5.24. The van der Waals surface area contributed by atoms with Crippen molar-refractivity contribution in [1.29, 1.82) is 0 Å². The first-order valence-corrected chi connectivity index (χ1v) is 5.24. The number of hydrogen-bond donors (Lipinski definition) is 0. The number of nitrogens with zero attached hydrogens (tertiary/aromatic N) is 2. The lowest BCUT2D eigenvalue weighted by atomic mass is 10.4. The Hall–Kier alpha value is -1.22. The number of aromatic nitrogens is 2. The van der Waals surface area contributed by atoms with Crippen molar-refractivity contribution in [2.75, 3.05) is 0 Å². The molecule has 2 nitrogen and oxygen atoms in total. The van der Waals surface area contributed by atoms with Crippen LogP contribution in [-0.2, 0) is 14.1 Å². The smallest absolute Gasteiger partial charge is 0.0974 e. The van der Waals surface area contributed by atoms with Gasteiger partial charge in [-0.1, -0.05) is 30.0 Å². The highest BCUT2D eigenvalue weighted by atomic mass is 32.2. The first kappa shape index (κ1) is 9.34. The lowest BCUT2D eigenvalue weighted by Crippen LogP contribution is -2.24. The first-order valence-electron chi connectivity index (χ1n) is 4.43. The maximum absolute atomic E-state index is 3.24. The highest BCUT2D eigenvalue weighted by Gasteiger charge is 2.00. The molecule has 0 saturated heterocycles. The van der Waals surface area contributed by atoms with Gasteiger partial charge in [0.15, 0.2) is 0 Å². The van der Waals surface area contributed by atoms with Crippen LogP contribution >= 0.6 is 11.8 Å². The van der Waals surface area contributed by atoms with E-state index in [1.807, 2.05) is 43.2 Å². The molecule has 1 aromatic heterocycles. The van der Waals surface area contributed by atoms with Crippen LogP contribution in [0.2, 0.25) is 0 Å². The van der Waals surface area contributed by atoms with E-state index in [4.69, 9.17) is 0 Å². The van der Waals surface area contributed by atoms with Crippen molar-refractivity contribution in [2.45, 2.75) is 9.92 Å². The molecule has 0 N–H and O–H groups in total. The van der Waals surface area contributed by atoms with Crippen LogP contribution in [0.5, 0.6) is 0 Å². The molecule has 0 aliphatic carbocycles. The predicted octanol–water partition coefficient (Wildman–Crippen LogP) is 1.80. The van der Waals surface area contributed by atoms with Crippen molar-refractivity contribution >= 4 is 11.8 Å². The third-order valence-electron chi connectivity index (χ3n) is 1.90. The van der Waals surface area contributed by atoms with Crippen LogP contribution in [-0.4, -0.2) is 4.57 Å². The standard InChI is InChI=1S/C11H12N2S/c1-12-8-11(13(2)9-12)14-10-6-4-3-5-7-10/h3-7,9H,1-2H3. The minimum Gasteiger partial charge on any atom is -0.401 e.